The number of aromatic hydroxyl groups is 1. The van der Waals surface area contributed by atoms with E-state index in [9.17, 15) is 10.1 Å². The molecule has 12 heavy (non-hydrogen) atoms. The fourth-order valence-electron chi connectivity index (χ4n) is 0.666. The van der Waals surface area contributed by atoms with Gasteiger partial charge in [0.2, 0.25) is 0 Å². The summed E-state index contributed by atoms with van der Waals surface area (Å²) < 4.78 is 0.561. The highest BCUT2D eigenvalue weighted by atomic mass is 79.9. The van der Waals surface area contributed by atoms with Crippen molar-refractivity contribution in [1.29, 1.82) is 0 Å². The topological polar surface area (TPSA) is 63.4 Å². The minimum absolute atomic E-state index is 0.0347. The van der Waals surface area contributed by atoms with Crippen LogP contribution in [0.2, 0.25) is 0 Å². The largest absolute Gasteiger partial charge is 0.507 e. The third kappa shape index (κ3) is 1.75. The van der Waals surface area contributed by atoms with E-state index in [0.717, 1.165) is 0 Å². The second-order valence-electron chi connectivity index (χ2n) is 2.01. The van der Waals surface area contributed by atoms with Gasteiger partial charge in [0.1, 0.15) is 5.75 Å². The predicted molar refractivity (Wildman–Crippen MR) is 50.2 cm³/mol. The fraction of sp³-hybridized carbons (Fsp3) is 0. The second-order valence-corrected chi connectivity index (χ2v) is 3.72. The summed E-state index contributed by atoms with van der Waals surface area (Å²) in [7, 11) is 0. The molecule has 1 aromatic rings. The van der Waals surface area contributed by atoms with Crippen LogP contribution in [-0.2, 0) is 0 Å². The summed E-state index contributed by atoms with van der Waals surface area (Å²) in [4.78, 5) is 9.82. The molecule has 0 bridgehead atoms. The van der Waals surface area contributed by atoms with Gasteiger partial charge < -0.3 is 5.11 Å². The molecule has 0 amide bonds. The Labute approximate surface area is 84.6 Å². The van der Waals surface area contributed by atoms with E-state index in [4.69, 9.17) is 5.11 Å². The molecule has 0 aliphatic carbocycles. The first kappa shape index (κ1) is 9.47. The second kappa shape index (κ2) is 3.40. The normalized spacial score (nSPS) is 9.83. The molecule has 0 spiro atoms. The molecule has 0 atom stereocenters. The van der Waals surface area contributed by atoms with Crippen LogP contribution in [0, 0.1) is 10.1 Å². The van der Waals surface area contributed by atoms with Gasteiger partial charge in [0, 0.05) is 12.1 Å². The van der Waals surface area contributed by atoms with Gasteiger partial charge >= 0.3 is 0 Å². The first-order valence-corrected chi connectivity index (χ1v) is 4.43. The Hall–Kier alpha value is -0.620. The van der Waals surface area contributed by atoms with Crippen LogP contribution in [0.5, 0.6) is 5.75 Å². The standard InChI is InChI=1S/C6H3Br2NO3/c7-3-2-6(10)4(8)1-5(3)9(11)12/h1-2,10H. The number of phenolic OH excluding ortho intramolecular Hbond substituents is 1. The summed E-state index contributed by atoms with van der Waals surface area (Å²) in [6, 6.07) is 2.50. The van der Waals surface area contributed by atoms with Crippen molar-refractivity contribution in [2.24, 2.45) is 0 Å². The molecule has 0 saturated carbocycles. The highest BCUT2D eigenvalue weighted by Gasteiger charge is 2.14. The molecule has 0 saturated heterocycles. The van der Waals surface area contributed by atoms with Crippen molar-refractivity contribution in [2.75, 3.05) is 0 Å². The summed E-state index contributed by atoms with van der Waals surface area (Å²) in [6.45, 7) is 0. The average molecular weight is 297 g/mol. The number of nitrogens with zero attached hydrogens (tertiary/aromatic N) is 1. The van der Waals surface area contributed by atoms with Gasteiger partial charge in [-0.05, 0) is 31.9 Å². The van der Waals surface area contributed by atoms with Crippen molar-refractivity contribution in [3.8, 4) is 5.75 Å². The molecule has 1 aromatic carbocycles. The zero-order chi connectivity index (χ0) is 9.30. The monoisotopic (exact) mass is 295 g/mol. The summed E-state index contributed by atoms with van der Waals surface area (Å²) in [5, 5.41) is 19.5. The minimum Gasteiger partial charge on any atom is -0.507 e. The number of rotatable bonds is 1. The van der Waals surface area contributed by atoms with Gasteiger partial charge in [-0.3, -0.25) is 10.1 Å². The van der Waals surface area contributed by atoms with Crippen LogP contribution >= 0.6 is 31.9 Å². The van der Waals surface area contributed by atoms with E-state index in [1.807, 2.05) is 0 Å². The predicted octanol–water partition coefficient (Wildman–Crippen LogP) is 2.83. The van der Waals surface area contributed by atoms with Gasteiger partial charge in [0.05, 0.1) is 13.9 Å². The summed E-state index contributed by atoms with van der Waals surface area (Å²) in [5.41, 5.74) is -0.0836. The van der Waals surface area contributed by atoms with Crippen molar-refractivity contribution >= 4 is 37.5 Å². The zero-order valence-electron chi connectivity index (χ0n) is 5.62. The number of nitro benzene ring substituents is 1. The Morgan fingerprint density at radius 1 is 1.33 bits per heavy atom. The van der Waals surface area contributed by atoms with Gasteiger partial charge in [-0.1, -0.05) is 0 Å². The zero-order valence-corrected chi connectivity index (χ0v) is 8.79. The molecule has 64 valence electrons. The van der Waals surface area contributed by atoms with Crippen LogP contribution < -0.4 is 0 Å². The van der Waals surface area contributed by atoms with Crippen LogP contribution in [0.25, 0.3) is 0 Å². The maximum absolute atomic E-state index is 10.4. The van der Waals surface area contributed by atoms with E-state index in [2.05, 4.69) is 31.9 Å². The van der Waals surface area contributed by atoms with Gasteiger partial charge in [-0.15, -0.1) is 0 Å². The molecule has 0 aliphatic rings. The molecule has 0 aliphatic heterocycles. The SMILES string of the molecule is O=[N+]([O-])c1cc(Br)c(O)cc1Br. The van der Waals surface area contributed by atoms with Crippen LogP contribution in [0.1, 0.15) is 0 Å². The van der Waals surface area contributed by atoms with Crippen LogP contribution in [0.3, 0.4) is 0 Å². The smallest absolute Gasteiger partial charge is 0.284 e. The molecule has 0 unspecified atom stereocenters. The number of hydrogen-bond donors (Lipinski definition) is 1. The van der Waals surface area contributed by atoms with Crippen molar-refractivity contribution in [3.05, 3.63) is 31.2 Å². The molecular weight excluding hydrogens is 294 g/mol. The van der Waals surface area contributed by atoms with Crippen LogP contribution in [0.15, 0.2) is 21.1 Å². The number of halogens is 2. The van der Waals surface area contributed by atoms with E-state index in [-0.39, 0.29) is 15.9 Å². The van der Waals surface area contributed by atoms with E-state index >= 15 is 0 Å². The van der Waals surface area contributed by atoms with E-state index in [1.54, 1.807) is 0 Å². The summed E-state index contributed by atoms with van der Waals surface area (Å²) in [5.74, 6) is -0.0347. The molecule has 1 rings (SSSR count). The Balaban J connectivity index is 3.33. The van der Waals surface area contributed by atoms with Crippen LogP contribution in [-0.4, -0.2) is 10.0 Å². The van der Waals surface area contributed by atoms with Crippen molar-refractivity contribution in [1.82, 2.24) is 0 Å². The fourth-order valence-corrected chi connectivity index (χ4v) is 1.47. The van der Waals surface area contributed by atoms with Gasteiger partial charge in [-0.25, -0.2) is 0 Å². The maximum atomic E-state index is 10.4. The first-order chi connectivity index (χ1) is 5.52. The minimum atomic E-state index is -0.533. The molecule has 0 radical (unpaired) electrons. The third-order valence-corrected chi connectivity index (χ3v) is 2.48. The lowest BCUT2D eigenvalue weighted by Crippen LogP contribution is -1.88. The quantitative estimate of drug-likeness (QED) is 0.640. The van der Waals surface area contributed by atoms with Crippen molar-refractivity contribution in [3.63, 3.8) is 0 Å². The lowest BCUT2D eigenvalue weighted by Gasteiger charge is -1.98. The molecule has 1 N–H and O–H groups in total. The summed E-state index contributed by atoms with van der Waals surface area (Å²) in [6.07, 6.45) is 0. The molecule has 6 heteroatoms. The van der Waals surface area contributed by atoms with Crippen molar-refractivity contribution < 1.29 is 10.0 Å². The first-order valence-electron chi connectivity index (χ1n) is 2.85. The molecular formula is C6H3Br2NO3. The number of hydrogen-bond acceptors (Lipinski definition) is 3. The lowest BCUT2D eigenvalue weighted by molar-refractivity contribution is -0.385. The maximum Gasteiger partial charge on any atom is 0.284 e. The Bertz CT molecular complexity index is 340. The van der Waals surface area contributed by atoms with Crippen molar-refractivity contribution in [2.45, 2.75) is 0 Å². The van der Waals surface area contributed by atoms with Crippen LogP contribution in [0.4, 0.5) is 5.69 Å². The molecule has 0 aromatic heterocycles. The Morgan fingerprint density at radius 2 is 1.92 bits per heavy atom. The molecule has 0 fully saturated rings. The number of phenols is 1. The molecule has 0 heterocycles. The van der Waals surface area contributed by atoms with E-state index in [0.29, 0.717) is 4.47 Å². The van der Waals surface area contributed by atoms with E-state index in [1.165, 1.54) is 12.1 Å². The highest BCUT2D eigenvalue weighted by molar-refractivity contribution is 9.11. The highest BCUT2D eigenvalue weighted by Crippen LogP contribution is 2.34. The Kier molecular flexibility index (Phi) is 2.69. The summed E-state index contributed by atoms with van der Waals surface area (Å²) >= 11 is 5.93. The van der Waals surface area contributed by atoms with E-state index < -0.39 is 4.92 Å². The van der Waals surface area contributed by atoms with Gasteiger partial charge in [0.15, 0.2) is 0 Å². The Morgan fingerprint density at radius 3 is 2.42 bits per heavy atom. The number of nitro groups is 1. The molecule has 4 nitrogen and oxygen atoms in total. The van der Waals surface area contributed by atoms with Gasteiger partial charge in [0.25, 0.3) is 5.69 Å². The van der Waals surface area contributed by atoms with Gasteiger partial charge in [-0.2, -0.15) is 0 Å². The lowest BCUT2D eigenvalue weighted by atomic mass is 10.3. The number of benzene rings is 1. The third-order valence-electron chi connectivity index (χ3n) is 1.21. The average Bonchev–Trinajstić information content (AvgIpc) is 1.96.